The van der Waals surface area contributed by atoms with Gasteiger partial charge in [0.05, 0.1) is 16.0 Å². The average Bonchev–Trinajstić information content (AvgIpc) is 3.05. The van der Waals surface area contributed by atoms with Gasteiger partial charge in [-0.3, -0.25) is 9.69 Å². The van der Waals surface area contributed by atoms with E-state index in [-0.39, 0.29) is 0 Å². The fourth-order valence-electron chi connectivity index (χ4n) is 4.01. The Morgan fingerprint density at radius 1 is 1.27 bits per heavy atom. The largest absolute Gasteiger partial charge is 0.366 e. The van der Waals surface area contributed by atoms with Crippen LogP contribution in [-0.2, 0) is 0 Å². The van der Waals surface area contributed by atoms with Gasteiger partial charge in [0.15, 0.2) is 0 Å². The number of H-pyrrole nitrogens is 1. The topological polar surface area (TPSA) is 75.0 Å². The van der Waals surface area contributed by atoms with Crippen LogP contribution in [0.4, 0.5) is 0 Å². The van der Waals surface area contributed by atoms with Crippen LogP contribution in [-0.4, -0.2) is 33.9 Å². The third-order valence-electron chi connectivity index (χ3n) is 5.52. The predicted octanol–water partition coefficient (Wildman–Crippen LogP) is 3.94. The van der Waals surface area contributed by atoms with Gasteiger partial charge in [-0.1, -0.05) is 6.07 Å². The van der Waals surface area contributed by atoms with E-state index < -0.39 is 5.91 Å². The molecule has 1 amide bonds. The van der Waals surface area contributed by atoms with Crippen LogP contribution < -0.4 is 5.73 Å². The Labute approximate surface area is 156 Å². The molecule has 1 aromatic carbocycles. The van der Waals surface area contributed by atoms with Gasteiger partial charge in [0.1, 0.15) is 11.3 Å². The number of nitrogens with one attached hydrogen (secondary N) is 1. The maximum atomic E-state index is 11.6. The van der Waals surface area contributed by atoms with Crippen molar-refractivity contribution < 1.29 is 4.79 Å². The quantitative estimate of drug-likeness (QED) is 0.718. The Kier molecular flexibility index (Phi) is 3.83. The van der Waals surface area contributed by atoms with Crippen LogP contribution in [0.1, 0.15) is 47.0 Å². The Hall–Kier alpha value is -2.18. The third-order valence-corrected chi connectivity index (χ3v) is 6.71. The molecule has 5 rings (SSSR count). The normalized spacial score (nSPS) is 20.8. The minimum absolute atomic E-state index is 0.442. The Bertz CT molecular complexity index is 971. The number of carbonyl (C=O) groups is 1. The molecule has 134 valence electrons. The highest BCUT2D eigenvalue weighted by Crippen LogP contribution is 2.41. The third kappa shape index (κ3) is 2.83. The predicted molar refractivity (Wildman–Crippen MR) is 104 cm³/mol. The molecule has 2 aliphatic rings. The lowest BCUT2D eigenvalue weighted by molar-refractivity contribution is 0.100. The minimum Gasteiger partial charge on any atom is -0.366 e. The molecule has 1 atom stereocenters. The van der Waals surface area contributed by atoms with E-state index in [1.54, 1.807) is 6.07 Å². The molecule has 1 aliphatic carbocycles. The summed E-state index contributed by atoms with van der Waals surface area (Å²) in [7, 11) is 0. The standard InChI is InChI=1S/C20H22N4OS/c21-19(25)13-3-1-4-14-18(13)23-20(22-14)17-9-8-16(26-17)15-5-2-10-24(15)11-12-6-7-12/h1,3-4,8-9,12,15H,2,5-7,10-11H2,(H2,21,25)(H,22,23)/t15-/m1/s1. The fourth-order valence-corrected chi connectivity index (χ4v) is 5.13. The number of thiophene rings is 1. The molecule has 3 aromatic rings. The summed E-state index contributed by atoms with van der Waals surface area (Å²) in [5.74, 6) is 1.30. The molecule has 26 heavy (non-hydrogen) atoms. The Morgan fingerprint density at radius 2 is 2.15 bits per heavy atom. The molecule has 1 saturated carbocycles. The number of nitrogens with two attached hydrogens (primary N) is 1. The molecule has 1 saturated heterocycles. The second-order valence-corrected chi connectivity index (χ2v) is 8.57. The van der Waals surface area contributed by atoms with Gasteiger partial charge in [-0.05, 0) is 62.4 Å². The maximum Gasteiger partial charge on any atom is 0.250 e. The number of hydrogen-bond acceptors (Lipinski definition) is 4. The van der Waals surface area contributed by atoms with E-state index in [0.29, 0.717) is 17.1 Å². The summed E-state index contributed by atoms with van der Waals surface area (Å²) in [5.41, 5.74) is 7.45. The molecule has 1 aliphatic heterocycles. The van der Waals surface area contributed by atoms with E-state index in [4.69, 9.17) is 5.73 Å². The molecule has 2 aromatic heterocycles. The number of carbonyl (C=O) groups excluding carboxylic acids is 1. The lowest BCUT2D eigenvalue weighted by atomic mass is 10.2. The van der Waals surface area contributed by atoms with Gasteiger partial charge in [-0.2, -0.15) is 0 Å². The van der Waals surface area contributed by atoms with Gasteiger partial charge in [0.25, 0.3) is 5.91 Å². The van der Waals surface area contributed by atoms with Crippen molar-refractivity contribution in [2.45, 2.75) is 31.7 Å². The van der Waals surface area contributed by atoms with Crippen molar-refractivity contribution in [1.82, 2.24) is 14.9 Å². The van der Waals surface area contributed by atoms with Crippen LogP contribution in [0.2, 0.25) is 0 Å². The molecular weight excluding hydrogens is 344 g/mol. The summed E-state index contributed by atoms with van der Waals surface area (Å²) in [6.45, 7) is 2.48. The van der Waals surface area contributed by atoms with Crippen molar-refractivity contribution in [3.63, 3.8) is 0 Å². The highest BCUT2D eigenvalue weighted by atomic mass is 32.1. The number of amides is 1. The number of primary amides is 1. The van der Waals surface area contributed by atoms with E-state index in [9.17, 15) is 4.79 Å². The van der Waals surface area contributed by atoms with Crippen LogP contribution in [0.15, 0.2) is 30.3 Å². The fraction of sp³-hybridized carbons (Fsp3) is 0.400. The van der Waals surface area contributed by atoms with Crippen molar-refractivity contribution in [2.75, 3.05) is 13.1 Å². The van der Waals surface area contributed by atoms with Crippen LogP contribution in [0.3, 0.4) is 0 Å². The molecule has 6 heteroatoms. The molecule has 5 nitrogen and oxygen atoms in total. The van der Waals surface area contributed by atoms with Crippen molar-refractivity contribution in [1.29, 1.82) is 0 Å². The number of para-hydroxylation sites is 1. The molecule has 3 heterocycles. The minimum atomic E-state index is -0.442. The van der Waals surface area contributed by atoms with E-state index in [1.165, 1.54) is 43.6 Å². The molecule has 0 spiro atoms. The first-order valence-corrected chi connectivity index (χ1v) is 10.1. The molecular formula is C20H22N4OS. The van der Waals surface area contributed by atoms with Gasteiger partial charge >= 0.3 is 0 Å². The number of fused-ring (bicyclic) bond motifs is 1. The lowest BCUT2D eigenvalue weighted by Crippen LogP contribution is -2.24. The zero-order chi connectivity index (χ0) is 17.7. The van der Waals surface area contributed by atoms with Crippen molar-refractivity contribution in [2.24, 2.45) is 11.7 Å². The van der Waals surface area contributed by atoms with E-state index in [0.717, 1.165) is 22.1 Å². The zero-order valence-corrected chi connectivity index (χ0v) is 15.4. The van der Waals surface area contributed by atoms with Crippen LogP contribution in [0.5, 0.6) is 0 Å². The summed E-state index contributed by atoms with van der Waals surface area (Å²) in [4.78, 5) is 24.8. The molecule has 0 bridgehead atoms. The number of aromatic nitrogens is 2. The van der Waals surface area contributed by atoms with Gasteiger partial charge in [0.2, 0.25) is 0 Å². The summed E-state index contributed by atoms with van der Waals surface area (Å²) in [6, 6.07) is 10.4. The summed E-state index contributed by atoms with van der Waals surface area (Å²) in [6.07, 6.45) is 5.34. The monoisotopic (exact) mass is 366 g/mol. The molecule has 0 unspecified atom stereocenters. The summed E-state index contributed by atoms with van der Waals surface area (Å²) < 4.78 is 0. The Balaban J connectivity index is 1.45. The number of rotatable bonds is 5. The Morgan fingerprint density at radius 3 is 2.96 bits per heavy atom. The molecule has 3 N–H and O–H groups in total. The zero-order valence-electron chi connectivity index (χ0n) is 14.6. The van der Waals surface area contributed by atoms with Crippen LogP contribution >= 0.6 is 11.3 Å². The average molecular weight is 366 g/mol. The first-order chi connectivity index (χ1) is 12.7. The van der Waals surface area contributed by atoms with Crippen LogP contribution in [0.25, 0.3) is 21.7 Å². The van der Waals surface area contributed by atoms with Gasteiger partial charge in [-0.15, -0.1) is 11.3 Å². The van der Waals surface area contributed by atoms with E-state index in [2.05, 4.69) is 27.0 Å². The smallest absolute Gasteiger partial charge is 0.250 e. The number of nitrogens with zero attached hydrogens (tertiary/aromatic N) is 2. The number of likely N-dealkylation sites (tertiary alicyclic amines) is 1. The second-order valence-electron chi connectivity index (χ2n) is 7.45. The SMILES string of the molecule is NC(=O)c1cccc2[nH]c(-c3ccc([C@H]4CCCN4CC4CC4)s3)nc12. The molecule has 2 fully saturated rings. The van der Waals surface area contributed by atoms with Gasteiger partial charge < -0.3 is 10.7 Å². The van der Waals surface area contributed by atoms with E-state index >= 15 is 0 Å². The first-order valence-electron chi connectivity index (χ1n) is 9.32. The lowest BCUT2D eigenvalue weighted by Gasteiger charge is -2.23. The van der Waals surface area contributed by atoms with Gasteiger partial charge in [0, 0.05) is 17.5 Å². The first kappa shape index (κ1) is 16.0. The van der Waals surface area contributed by atoms with Crippen molar-refractivity contribution >= 4 is 28.3 Å². The summed E-state index contributed by atoms with van der Waals surface area (Å²) in [5, 5.41) is 0. The number of benzene rings is 1. The number of hydrogen-bond donors (Lipinski definition) is 2. The highest BCUT2D eigenvalue weighted by molar-refractivity contribution is 7.15. The van der Waals surface area contributed by atoms with Gasteiger partial charge in [-0.25, -0.2) is 4.98 Å². The molecule has 0 radical (unpaired) electrons. The maximum absolute atomic E-state index is 11.6. The van der Waals surface area contributed by atoms with Crippen molar-refractivity contribution in [3.05, 3.63) is 40.8 Å². The second kappa shape index (κ2) is 6.21. The van der Waals surface area contributed by atoms with E-state index in [1.807, 2.05) is 23.5 Å². The summed E-state index contributed by atoms with van der Waals surface area (Å²) >= 11 is 1.81. The van der Waals surface area contributed by atoms with Crippen molar-refractivity contribution in [3.8, 4) is 10.7 Å². The van der Waals surface area contributed by atoms with Crippen LogP contribution in [0, 0.1) is 5.92 Å². The number of aromatic amines is 1. The highest BCUT2D eigenvalue weighted by Gasteiger charge is 2.32. The number of imidazole rings is 1.